The molecule has 0 unspecified atom stereocenters. The number of carboxylic acids is 1. The fourth-order valence-electron chi connectivity index (χ4n) is 1.49. The molecular weight excluding hydrogens is 226 g/mol. The number of hydrogen-bond donors (Lipinski definition) is 1. The third-order valence-electron chi connectivity index (χ3n) is 2.35. The number of rotatable bonds is 2. The normalized spacial score (nSPS) is 17.0. The molecule has 0 aliphatic carbocycles. The van der Waals surface area contributed by atoms with Gasteiger partial charge in [0.2, 0.25) is 0 Å². The zero-order valence-electron chi connectivity index (χ0n) is 9.38. The lowest BCUT2D eigenvalue weighted by atomic mass is 10.1. The Balaban J connectivity index is 0.000000686. The predicted molar refractivity (Wildman–Crippen MR) is 57.6 cm³/mol. The van der Waals surface area contributed by atoms with Gasteiger partial charge in [-0.3, -0.25) is 4.98 Å². The van der Waals surface area contributed by atoms with Crippen LogP contribution >= 0.6 is 0 Å². The average Bonchev–Trinajstić information content (AvgIpc) is 2.80. The third kappa shape index (κ3) is 2.86. The van der Waals surface area contributed by atoms with Gasteiger partial charge < -0.3 is 19.4 Å². The maximum absolute atomic E-state index is 10.8. The first-order valence-electron chi connectivity index (χ1n) is 4.87. The lowest BCUT2D eigenvalue weighted by Crippen LogP contribution is -2.23. The molecule has 1 aliphatic rings. The molecule has 0 spiro atoms. The van der Waals surface area contributed by atoms with E-state index in [9.17, 15) is 4.79 Å². The monoisotopic (exact) mass is 239 g/mol. The van der Waals surface area contributed by atoms with E-state index in [-0.39, 0.29) is 5.56 Å². The van der Waals surface area contributed by atoms with Crippen LogP contribution in [-0.4, -0.2) is 36.1 Å². The van der Waals surface area contributed by atoms with E-state index < -0.39 is 11.8 Å². The fourth-order valence-corrected chi connectivity index (χ4v) is 1.49. The average molecular weight is 239 g/mol. The predicted octanol–water partition coefficient (Wildman–Crippen LogP) is 0.814. The number of ether oxygens (including phenoxy) is 2. The Labute approximate surface area is 98.2 Å². The van der Waals surface area contributed by atoms with Gasteiger partial charge in [-0.1, -0.05) is 0 Å². The molecule has 17 heavy (non-hydrogen) atoms. The molecule has 92 valence electrons. The van der Waals surface area contributed by atoms with Crippen molar-refractivity contribution in [2.24, 2.45) is 0 Å². The van der Waals surface area contributed by atoms with Crippen LogP contribution in [0.5, 0.6) is 0 Å². The van der Waals surface area contributed by atoms with Gasteiger partial charge >= 0.3 is 5.97 Å². The van der Waals surface area contributed by atoms with Crippen LogP contribution in [0.4, 0.5) is 0 Å². The van der Waals surface area contributed by atoms with Gasteiger partial charge in [0.1, 0.15) is 6.79 Å². The largest absolute Gasteiger partial charge is 0.478 e. The van der Waals surface area contributed by atoms with Crippen LogP contribution in [-0.2, 0) is 20.1 Å². The van der Waals surface area contributed by atoms with Crippen molar-refractivity contribution in [3.8, 4) is 0 Å². The second kappa shape index (κ2) is 5.51. The molecule has 1 N–H and O–H groups in total. The summed E-state index contributed by atoms with van der Waals surface area (Å²) in [6.45, 7) is 4.77. The van der Waals surface area contributed by atoms with Gasteiger partial charge in [-0.25, -0.2) is 4.79 Å². The van der Waals surface area contributed by atoms with Crippen LogP contribution in [0.2, 0.25) is 0 Å². The lowest BCUT2D eigenvalue weighted by molar-refractivity contribution is -0.150. The second-order valence-corrected chi connectivity index (χ2v) is 3.41. The topological polar surface area (TPSA) is 85.7 Å². The Bertz CT molecular complexity index is 401. The van der Waals surface area contributed by atoms with Crippen molar-refractivity contribution in [1.82, 2.24) is 4.98 Å². The number of carbonyl (C=O) groups is 2. The van der Waals surface area contributed by atoms with Gasteiger partial charge in [0.25, 0.3) is 0 Å². The van der Waals surface area contributed by atoms with Crippen LogP contribution < -0.4 is 0 Å². The van der Waals surface area contributed by atoms with Crippen LogP contribution in [0.25, 0.3) is 0 Å². The van der Waals surface area contributed by atoms with Crippen molar-refractivity contribution in [2.75, 3.05) is 13.2 Å². The smallest absolute Gasteiger partial charge is 0.337 e. The summed E-state index contributed by atoms with van der Waals surface area (Å²) in [4.78, 5) is 22.6. The number of aromatic carboxylic acids is 1. The molecule has 1 aromatic rings. The Hall–Kier alpha value is -1.79. The summed E-state index contributed by atoms with van der Waals surface area (Å²) in [6, 6.07) is 1.51. The highest BCUT2D eigenvalue weighted by atomic mass is 16.7. The molecule has 1 saturated heterocycles. The Kier molecular flexibility index (Phi) is 4.30. The summed E-state index contributed by atoms with van der Waals surface area (Å²) in [6.07, 6.45) is 2.85. The molecule has 6 nitrogen and oxygen atoms in total. The van der Waals surface area contributed by atoms with Gasteiger partial charge in [-0.2, -0.15) is 0 Å². The van der Waals surface area contributed by atoms with Gasteiger partial charge in [0, 0.05) is 18.0 Å². The molecular formula is C11H13NO5. The molecule has 6 heteroatoms. The first-order chi connectivity index (χ1) is 8.12. The second-order valence-electron chi connectivity index (χ2n) is 3.41. The zero-order valence-corrected chi connectivity index (χ0v) is 9.38. The highest BCUT2D eigenvalue weighted by Gasteiger charge is 2.33. The molecule has 1 fully saturated rings. The summed E-state index contributed by atoms with van der Waals surface area (Å²) >= 11 is 0. The number of carbonyl (C=O) groups excluding carboxylic acids is 1. The molecule has 1 aromatic heterocycles. The van der Waals surface area contributed by atoms with E-state index in [1.807, 2.05) is 6.79 Å². The van der Waals surface area contributed by atoms with Gasteiger partial charge in [-0.05, 0) is 13.0 Å². The lowest BCUT2D eigenvalue weighted by Gasteiger charge is -2.22. The summed E-state index contributed by atoms with van der Waals surface area (Å²) in [5, 5.41) is 8.81. The Morgan fingerprint density at radius 2 is 2.00 bits per heavy atom. The highest BCUT2D eigenvalue weighted by Crippen LogP contribution is 2.30. The van der Waals surface area contributed by atoms with Crippen LogP contribution in [0.1, 0.15) is 22.8 Å². The molecule has 0 atom stereocenters. The van der Waals surface area contributed by atoms with Crippen LogP contribution in [0.15, 0.2) is 18.5 Å². The van der Waals surface area contributed by atoms with Gasteiger partial charge in [-0.15, -0.1) is 0 Å². The first kappa shape index (κ1) is 13.3. The standard InChI is InChI=1S/C10H11NO4.CH2O/c1-10(14-2-3-15-10)8-4-7(9(12)13)5-11-6-8;1-2/h4-6H,2-3H2,1H3,(H,12,13);1H2. The van der Waals surface area contributed by atoms with E-state index in [1.54, 1.807) is 13.1 Å². The SMILES string of the molecule is C=O.CC1(c2cncc(C(=O)O)c2)OCCO1. The van der Waals surface area contributed by atoms with E-state index in [4.69, 9.17) is 19.4 Å². The fraction of sp³-hybridized carbons (Fsp3) is 0.364. The van der Waals surface area contributed by atoms with Crippen LogP contribution in [0, 0.1) is 0 Å². The van der Waals surface area contributed by atoms with Crippen molar-refractivity contribution in [3.05, 3.63) is 29.6 Å². The molecule has 1 aliphatic heterocycles. The van der Waals surface area contributed by atoms with Gasteiger partial charge in [0.15, 0.2) is 5.79 Å². The Morgan fingerprint density at radius 1 is 1.41 bits per heavy atom. The maximum atomic E-state index is 10.8. The third-order valence-corrected chi connectivity index (χ3v) is 2.35. The zero-order chi connectivity index (χ0) is 12.9. The van der Waals surface area contributed by atoms with E-state index in [0.717, 1.165) is 0 Å². The summed E-state index contributed by atoms with van der Waals surface area (Å²) in [7, 11) is 0. The minimum Gasteiger partial charge on any atom is -0.478 e. The molecule has 0 bridgehead atoms. The Morgan fingerprint density at radius 3 is 2.53 bits per heavy atom. The number of aromatic nitrogens is 1. The van der Waals surface area contributed by atoms with Crippen molar-refractivity contribution in [3.63, 3.8) is 0 Å². The minimum atomic E-state index is -1.01. The minimum absolute atomic E-state index is 0.132. The summed E-state index contributed by atoms with van der Waals surface area (Å²) in [5.41, 5.74) is 0.757. The van der Waals surface area contributed by atoms with Crippen molar-refractivity contribution in [2.45, 2.75) is 12.7 Å². The quantitative estimate of drug-likeness (QED) is 0.822. The van der Waals surface area contributed by atoms with Crippen LogP contribution in [0.3, 0.4) is 0 Å². The first-order valence-corrected chi connectivity index (χ1v) is 4.87. The van der Waals surface area contributed by atoms with Gasteiger partial charge in [0.05, 0.1) is 18.8 Å². The molecule has 2 heterocycles. The van der Waals surface area contributed by atoms with E-state index in [1.165, 1.54) is 12.3 Å². The highest BCUT2D eigenvalue weighted by molar-refractivity contribution is 5.87. The molecule has 0 radical (unpaired) electrons. The molecule has 0 aromatic carbocycles. The summed E-state index contributed by atoms with van der Waals surface area (Å²) < 4.78 is 10.8. The number of hydrogen-bond acceptors (Lipinski definition) is 5. The van der Waals surface area contributed by atoms with Crippen molar-refractivity contribution in [1.29, 1.82) is 0 Å². The van der Waals surface area contributed by atoms with E-state index >= 15 is 0 Å². The van der Waals surface area contributed by atoms with Crippen molar-refractivity contribution >= 4 is 12.8 Å². The molecule has 0 amide bonds. The summed E-state index contributed by atoms with van der Waals surface area (Å²) in [5.74, 6) is -1.87. The number of nitrogens with zero attached hydrogens (tertiary/aromatic N) is 1. The van der Waals surface area contributed by atoms with E-state index in [0.29, 0.717) is 18.8 Å². The van der Waals surface area contributed by atoms with E-state index in [2.05, 4.69) is 4.98 Å². The number of carboxylic acid groups (broad SMARTS) is 1. The number of pyridine rings is 1. The molecule has 2 rings (SSSR count). The molecule has 0 saturated carbocycles. The van der Waals surface area contributed by atoms with Crippen molar-refractivity contribution < 1.29 is 24.2 Å². The maximum Gasteiger partial charge on any atom is 0.337 e.